The van der Waals surface area contributed by atoms with Crippen LogP contribution in [0.3, 0.4) is 0 Å². The lowest BCUT2D eigenvalue weighted by Gasteiger charge is -2.14. The van der Waals surface area contributed by atoms with E-state index in [-0.39, 0.29) is 0 Å². The molecule has 1 aromatic heterocycles. The monoisotopic (exact) mass is 243 g/mol. The molecule has 0 aliphatic rings. The van der Waals surface area contributed by atoms with Gasteiger partial charge in [0.2, 0.25) is 0 Å². The van der Waals surface area contributed by atoms with E-state index in [9.17, 15) is 0 Å². The number of aromatic nitrogens is 2. The molecule has 1 N–H and O–H groups in total. The van der Waals surface area contributed by atoms with Gasteiger partial charge in [-0.2, -0.15) is 0 Å². The van der Waals surface area contributed by atoms with Crippen LogP contribution < -0.4 is 10.1 Å². The fraction of sp³-hybridized carbons (Fsp3) is 0.286. The zero-order chi connectivity index (χ0) is 13.1. The number of anilines is 1. The van der Waals surface area contributed by atoms with E-state index in [4.69, 9.17) is 4.74 Å². The van der Waals surface area contributed by atoms with Gasteiger partial charge in [-0.1, -0.05) is 6.07 Å². The number of rotatable bonds is 3. The van der Waals surface area contributed by atoms with Crippen molar-refractivity contribution in [3.63, 3.8) is 0 Å². The van der Waals surface area contributed by atoms with Gasteiger partial charge in [-0.05, 0) is 31.0 Å². The van der Waals surface area contributed by atoms with Crippen LogP contribution in [0.1, 0.15) is 11.1 Å². The van der Waals surface area contributed by atoms with Crippen molar-refractivity contribution in [2.24, 2.45) is 0 Å². The normalized spacial score (nSPS) is 10.2. The van der Waals surface area contributed by atoms with Crippen LogP contribution in [0.15, 0.2) is 24.5 Å². The van der Waals surface area contributed by atoms with Crippen molar-refractivity contribution < 1.29 is 4.74 Å². The first-order chi connectivity index (χ1) is 8.67. The Morgan fingerprint density at radius 3 is 2.50 bits per heavy atom. The predicted octanol–water partition coefficient (Wildman–Crippen LogP) is 2.81. The van der Waals surface area contributed by atoms with E-state index in [0.29, 0.717) is 0 Å². The van der Waals surface area contributed by atoms with Crippen LogP contribution in [0.2, 0.25) is 0 Å². The SMILES string of the molecule is CNc1nccnc1-c1c(C)cc(C)cc1OC. The number of methoxy groups -OCH3 is 1. The summed E-state index contributed by atoms with van der Waals surface area (Å²) in [6.45, 7) is 4.11. The largest absolute Gasteiger partial charge is 0.496 e. The Kier molecular flexibility index (Phi) is 3.46. The molecule has 94 valence electrons. The van der Waals surface area contributed by atoms with Gasteiger partial charge in [-0.3, -0.25) is 4.98 Å². The van der Waals surface area contributed by atoms with Crippen molar-refractivity contribution >= 4 is 5.82 Å². The second-order valence-corrected chi connectivity index (χ2v) is 4.16. The smallest absolute Gasteiger partial charge is 0.152 e. The Balaban J connectivity index is 2.70. The van der Waals surface area contributed by atoms with Gasteiger partial charge in [-0.15, -0.1) is 0 Å². The van der Waals surface area contributed by atoms with Crippen molar-refractivity contribution in [1.82, 2.24) is 9.97 Å². The molecular formula is C14H17N3O. The lowest BCUT2D eigenvalue weighted by molar-refractivity contribution is 0.415. The summed E-state index contributed by atoms with van der Waals surface area (Å²) in [6, 6.07) is 4.13. The maximum Gasteiger partial charge on any atom is 0.152 e. The van der Waals surface area contributed by atoms with E-state index >= 15 is 0 Å². The summed E-state index contributed by atoms with van der Waals surface area (Å²) in [5, 5.41) is 3.06. The van der Waals surface area contributed by atoms with E-state index in [1.807, 2.05) is 13.1 Å². The lowest BCUT2D eigenvalue weighted by Crippen LogP contribution is -2.00. The molecule has 1 heterocycles. The molecule has 0 saturated carbocycles. The molecule has 4 nitrogen and oxygen atoms in total. The molecule has 0 bridgehead atoms. The molecule has 0 unspecified atom stereocenters. The minimum absolute atomic E-state index is 0.753. The molecule has 0 atom stereocenters. The van der Waals surface area contributed by atoms with E-state index in [0.717, 1.165) is 28.4 Å². The van der Waals surface area contributed by atoms with Gasteiger partial charge in [-0.25, -0.2) is 4.98 Å². The average molecular weight is 243 g/mol. The molecular weight excluding hydrogens is 226 g/mol. The molecule has 0 saturated heterocycles. The fourth-order valence-electron chi connectivity index (χ4n) is 2.10. The van der Waals surface area contributed by atoms with Crippen LogP contribution in [-0.4, -0.2) is 24.1 Å². The van der Waals surface area contributed by atoms with E-state index in [1.54, 1.807) is 19.5 Å². The quantitative estimate of drug-likeness (QED) is 0.900. The maximum absolute atomic E-state index is 5.47. The van der Waals surface area contributed by atoms with Gasteiger partial charge >= 0.3 is 0 Å². The van der Waals surface area contributed by atoms with E-state index in [1.165, 1.54) is 5.56 Å². The van der Waals surface area contributed by atoms with Gasteiger partial charge in [0, 0.05) is 25.0 Å². The number of hydrogen-bond acceptors (Lipinski definition) is 4. The molecule has 4 heteroatoms. The topological polar surface area (TPSA) is 47.0 Å². The molecule has 0 spiro atoms. The molecule has 0 radical (unpaired) electrons. The third kappa shape index (κ3) is 2.14. The first-order valence-corrected chi connectivity index (χ1v) is 5.81. The Labute approximate surface area is 107 Å². The molecule has 0 fully saturated rings. The zero-order valence-electron chi connectivity index (χ0n) is 11.1. The molecule has 0 amide bonds. The fourth-order valence-corrected chi connectivity index (χ4v) is 2.10. The second kappa shape index (κ2) is 5.04. The third-order valence-corrected chi connectivity index (χ3v) is 2.84. The maximum atomic E-state index is 5.47. The number of ether oxygens (including phenoxy) is 1. The molecule has 0 aliphatic carbocycles. The molecule has 0 aliphatic heterocycles. The van der Waals surface area contributed by atoms with Crippen molar-refractivity contribution in [2.75, 3.05) is 19.5 Å². The standard InChI is InChI=1S/C14H17N3O/c1-9-7-10(2)12(11(8-9)18-4)13-14(15-3)17-6-5-16-13/h5-8H,1-4H3,(H,15,17). The summed E-state index contributed by atoms with van der Waals surface area (Å²) in [7, 11) is 3.51. The van der Waals surface area contributed by atoms with Crippen LogP contribution in [0.4, 0.5) is 5.82 Å². The number of hydrogen-bond donors (Lipinski definition) is 1. The van der Waals surface area contributed by atoms with Crippen molar-refractivity contribution in [1.29, 1.82) is 0 Å². The third-order valence-electron chi connectivity index (χ3n) is 2.84. The molecule has 1 aromatic carbocycles. The summed E-state index contributed by atoms with van der Waals surface area (Å²) in [6.07, 6.45) is 3.36. The summed E-state index contributed by atoms with van der Waals surface area (Å²) in [5.74, 6) is 1.58. The molecule has 2 rings (SSSR count). The Bertz CT molecular complexity index is 567. The van der Waals surface area contributed by atoms with Crippen LogP contribution in [0.25, 0.3) is 11.3 Å². The zero-order valence-corrected chi connectivity index (χ0v) is 11.1. The lowest BCUT2D eigenvalue weighted by atomic mass is 10.0. The van der Waals surface area contributed by atoms with Gasteiger partial charge in [0.1, 0.15) is 11.4 Å². The van der Waals surface area contributed by atoms with Gasteiger partial charge < -0.3 is 10.1 Å². The molecule has 18 heavy (non-hydrogen) atoms. The Hall–Kier alpha value is -2.10. The average Bonchev–Trinajstić information content (AvgIpc) is 2.38. The number of benzene rings is 1. The van der Waals surface area contributed by atoms with Gasteiger partial charge in [0.15, 0.2) is 5.82 Å². The Morgan fingerprint density at radius 1 is 1.11 bits per heavy atom. The summed E-state index contributed by atoms with van der Waals surface area (Å²) < 4.78 is 5.47. The van der Waals surface area contributed by atoms with E-state index < -0.39 is 0 Å². The second-order valence-electron chi connectivity index (χ2n) is 4.16. The summed E-state index contributed by atoms with van der Waals surface area (Å²) in [5.41, 5.74) is 4.10. The highest BCUT2D eigenvalue weighted by Gasteiger charge is 2.15. The van der Waals surface area contributed by atoms with Crippen LogP contribution in [0.5, 0.6) is 5.75 Å². The molecule has 2 aromatic rings. The van der Waals surface area contributed by atoms with Gasteiger partial charge in [0.25, 0.3) is 0 Å². The number of aryl methyl sites for hydroxylation is 2. The summed E-state index contributed by atoms with van der Waals surface area (Å²) >= 11 is 0. The van der Waals surface area contributed by atoms with Crippen LogP contribution >= 0.6 is 0 Å². The van der Waals surface area contributed by atoms with Crippen LogP contribution in [-0.2, 0) is 0 Å². The van der Waals surface area contributed by atoms with Crippen LogP contribution in [0, 0.1) is 13.8 Å². The highest BCUT2D eigenvalue weighted by atomic mass is 16.5. The number of nitrogens with zero attached hydrogens (tertiary/aromatic N) is 2. The first-order valence-electron chi connectivity index (χ1n) is 5.81. The van der Waals surface area contributed by atoms with Crippen molar-refractivity contribution in [2.45, 2.75) is 13.8 Å². The number of nitrogens with one attached hydrogen (secondary N) is 1. The predicted molar refractivity (Wildman–Crippen MR) is 73.0 cm³/mol. The minimum atomic E-state index is 0.753. The first kappa shape index (κ1) is 12.4. The van der Waals surface area contributed by atoms with Crippen molar-refractivity contribution in [3.05, 3.63) is 35.7 Å². The summed E-state index contributed by atoms with van der Waals surface area (Å²) in [4.78, 5) is 8.70. The van der Waals surface area contributed by atoms with Gasteiger partial charge in [0.05, 0.1) is 7.11 Å². The van der Waals surface area contributed by atoms with Crippen molar-refractivity contribution in [3.8, 4) is 17.0 Å². The minimum Gasteiger partial charge on any atom is -0.496 e. The van der Waals surface area contributed by atoms with E-state index in [2.05, 4.69) is 35.2 Å². The highest BCUT2D eigenvalue weighted by Crippen LogP contribution is 2.35. The Morgan fingerprint density at radius 2 is 1.83 bits per heavy atom. The highest BCUT2D eigenvalue weighted by molar-refractivity contribution is 5.79.